The highest BCUT2D eigenvalue weighted by Gasteiger charge is 2.25. The Hall–Kier alpha value is -1.11. The third kappa shape index (κ3) is 4.98. The lowest BCUT2D eigenvalue weighted by molar-refractivity contribution is -0.132. The molecule has 0 bridgehead atoms. The number of thiophene rings is 1. The minimum Gasteiger partial charge on any atom is -0.342 e. The number of carbonyl (C=O) groups excluding carboxylic acids is 2. The highest BCUT2D eigenvalue weighted by Crippen LogP contribution is 2.18. The van der Waals surface area contributed by atoms with Gasteiger partial charge in [0.25, 0.3) is 5.91 Å². The Kier molecular flexibility index (Phi) is 7.14. The van der Waals surface area contributed by atoms with Crippen LogP contribution in [0.4, 0.5) is 0 Å². The molecular weight excluding hydrogens is 310 g/mol. The molecule has 1 aromatic heterocycles. The van der Waals surface area contributed by atoms with E-state index in [1.54, 1.807) is 6.07 Å². The number of hydrogen-bond donors (Lipinski definition) is 2. The topological polar surface area (TPSA) is 75.4 Å². The van der Waals surface area contributed by atoms with Crippen LogP contribution in [0, 0.1) is 5.92 Å². The van der Waals surface area contributed by atoms with E-state index in [0.717, 1.165) is 19.4 Å². The van der Waals surface area contributed by atoms with Crippen LogP contribution in [0.3, 0.4) is 0 Å². The lowest BCUT2D eigenvalue weighted by Crippen LogP contribution is -2.48. The molecule has 0 saturated carbocycles. The number of likely N-dealkylation sites (tertiary alicyclic amines) is 1. The quantitative estimate of drug-likeness (QED) is 0.877. The molecule has 1 saturated heterocycles. The Labute approximate surface area is 135 Å². The van der Waals surface area contributed by atoms with Gasteiger partial charge in [0.2, 0.25) is 5.91 Å². The largest absolute Gasteiger partial charge is 0.342 e. The number of hydrogen-bond acceptors (Lipinski definition) is 4. The summed E-state index contributed by atoms with van der Waals surface area (Å²) in [5.74, 6) is 0.148. The Morgan fingerprint density at radius 2 is 2.33 bits per heavy atom. The van der Waals surface area contributed by atoms with Crippen molar-refractivity contribution in [2.24, 2.45) is 11.7 Å². The first kappa shape index (κ1) is 17.9. The summed E-state index contributed by atoms with van der Waals surface area (Å²) in [5.41, 5.74) is 5.91. The zero-order valence-corrected chi connectivity index (χ0v) is 13.7. The second-order valence-electron chi connectivity index (χ2n) is 5.26. The van der Waals surface area contributed by atoms with E-state index in [2.05, 4.69) is 5.32 Å². The van der Waals surface area contributed by atoms with Gasteiger partial charge in [0.1, 0.15) is 0 Å². The molecule has 0 radical (unpaired) electrons. The Bertz CT molecular complexity index is 465. The molecule has 7 heteroatoms. The van der Waals surface area contributed by atoms with Crippen molar-refractivity contribution in [1.29, 1.82) is 0 Å². The van der Waals surface area contributed by atoms with Crippen molar-refractivity contribution in [2.45, 2.75) is 25.8 Å². The van der Waals surface area contributed by atoms with Gasteiger partial charge in [0, 0.05) is 19.1 Å². The zero-order chi connectivity index (χ0) is 14.5. The van der Waals surface area contributed by atoms with E-state index in [9.17, 15) is 9.59 Å². The van der Waals surface area contributed by atoms with Gasteiger partial charge in [-0.2, -0.15) is 0 Å². The molecule has 0 spiro atoms. The first-order valence-electron chi connectivity index (χ1n) is 6.93. The van der Waals surface area contributed by atoms with Gasteiger partial charge in [-0.1, -0.05) is 6.07 Å². The fraction of sp³-hybridized carbons (Fsp3) is 0.571. The van der Waals surface area contributed by atoms with E-state index in [4.69, 9.17) is 5.73 Å². The summed E-state index contributed by atoms with van der Waals surface area (Å²) in [6.07, 6.45) is 2.06. The predicted octanol–water partition coefficient (Wildman–Crippen LogP) is 1.49. The molecule has 3 N–H and O–H groups in total. The molecule has 21 heavy (non-hydrogen) atoms. The summed E-state index contributed by atoms with van der Waals surface area (Å²) in [4.78, 5) is 26.3. The van der Waals surface area contributed by atoms with Gasteiger partial charge >= 0.3 is 0 Å². The molecule has 2 heterocycles. The molecule has 5 nitrogen and oxygen atoms in total. The van der Waals surface area contributed by atoms with Crippen molar-refractivity contribution in [2.75, 3.05) is 19.6 Å². The predicted molar refractivity (Wildman–Crippen MR) is 86.9 cm³/mol. The number of nitrogens with two attached hydrogens (primary N) is 1. The van der Waals surface area contributed by atoms with Crippen molar-refractivity contribution >= 4 is 35.6 Å². The van der Waals surface area contributed by atoms with Crippen molar-refractivity contribution < 1.29 is 9.59 Å². The third-order valence-corrected chi connectivity index (χ3v) is 4.57. The lowest BCUT2D eigenvalue weighted by Gasteiger charge is -2.34. The van der Waals surface area contributed by atoms with E-state index in [1.807, 2.05) is 23.3 Å². The smallest absolute Gasteiger partial charge is 0.261 e. The maximum absolute atomic E-state index is 12.1. The van der Waals surface area contributed by atoms with Crippen LogP contribution in [0.2, 0.25) is 0 Å². The normalized spacial score (nSPS) is 19.5. The summed E-state index contributed by atoms with van der Waals surface area (Å²) in [6, 6.07) is 3.67. The van der Waals surface area contributed by atoms with Crippen LogP contribution in [-0.2, 0) is 4.79 Å². The number of carbonyl (C=O) groups is 2. The fourth-order valence-electron chi connectivity index (χ4n) is 2.43. The van der Waals surface area contributed by atoms with Crippen LogP contribution in [-0.4, -0.2) is 42.4 Å². The van der Waals surface area contributed by atoms with Gasteiger partial charge in [0.05, 0.1) is 11.4 Å². The SMILES string of the molecule is CC(N)C1CCCN(C(=O)CNC(=O)c2cccs2)C1.Cl. The third-order valence-electron chi connectivity index (χ3n) is 3.70. The van der Waals surface area contributed by atoms with Crippen LogP contribution >= 0.6 is 23.7 Å². The molecule has 2 rings (SSSR count). The minimum absolute atomic E-state index is 0. The molecule has 2 unspecified atom stereocenters. The number of halogens is 1. The Morgan fingerprint density at radius 1 is 1.57 bits per heavy atom. The number of rotatable bonds is 4. The van der Waals surface area contributed by atoms with Crippen molar-refractivity contribution in [3.8, 4) is 0 Å². The van der Waals surface area contributed by atoms with Gasteiger partial charge in [-0.05, 0) is 37.1 Å². The van der Waals surface area contributed by atoms with E-state index < -0.39 is 0 Å². The number of amides is 2. The van der Waals surface area contributed by atoms with Crippen molar-refractivity contribution in [3.05, 3.63) is 22.4 Å². The lowest BCUT2D eigenvalue weighted by atomic mass is 9.92. The van der Waals surface area contributed by atoms with E-state index in [0.29, 0.717) is 17.3 Å². The Balaban J connectivity index is 0.00000220. The first-order valence-corrected chi connectivity index (χ1v) is 7.81. The first-order chi connectivity index (χ1) is 9.58. The van der Waals surface area contributed by atoms with Gasteiger partial charge in [-0.3, -0.25) is 9.59 Å². The molecule has 0 aromatic carbocycles. The minimum atomic E-state index is -0.186. The summed E-state index contributed by atoms with van der Waals surface area (Å²) in [7, 11) is 0. The second-order valence-corrected chi connectivity index (χ2v) is 6.21. The average molecular weight is 332 g/mol. The van der Waals surface area contributed by atoms with E-state index >= 15 is 0 Å². The summed E-state index contributed by atoms with van der Waals surface area (Å²) < 4.78 is 0. The summed E-state index contributed by atoms with van der Waals surface area (Å²) in [5, 5.41) is 4.52. The summed E-state index contributed by atoms with van der Waals surface area (Å²) in [6.45, 7) is 3.50. The molecule has 0 aliphatic carbocycles. The van der Waals surface area contributed by atoms with Gasteiger partial charge < -0.3 is 16.0 Å². The van der Waals surface area contributed by atoms with Crippen LogP contribution in [0.5, 0.6) is 0 Å². The summed E-state index contributed by atoms with van der Waals surface area (Å²) >= 11 is 1.37. The molecule has 118 valence electrons. The van der Waals surface area contributed by atoms with Crippen LogP contribution in [0.25, 0.3) is 0 Å². The van der Waals surface area contributed by atoms with Gasteiger partial charge in [0.15, 0.2) is 0 Å². The number of piperidine rings is 1. The van der Waals surface area contributed by atoms with Crippen molar-refractivity contribution in [1.82, 2.24) is 10.2 Å². The van der Waals surface area contributed by atoms with Gasteiger partial charge in [-0.15, -0.1) is 23.7 Å². The molecule has 1 aliphatic heterocycles. The Morgan fingerprint density at radius 3 is 2.95 bits per heavy atom. The van der Waals surface area contributed by atoms with Gasteiger partial charge in [-0.25, -0.2) is 0 Å². The molecule has 1 fully saturated rings. The van der Waals surface area contributed by atoms with E-state index in [-0.39, 0.29) is 36.8 Å². The van der Waals surface area contributed by atoms with Crippen LogP contribution < -0.4 is 11.1 Å². The molecule has 1 aromatic rings. The zero-order valence-electron chi connectivity index (χ0n) is 12.1. The molecular formula is C14H22ClN3O2S. The van der Waals surface area contributed by atoms with E-state index in [1.165, 1.54) is 11.3 Å². The molecule has 2 atom stereocenters. The van der Waals surface area contributed by atoms with Crippen LogP contribution in [0.15, 0.2) is 17.5 Å². The highest BCUT2D eigenvalue weighted by atomic mass is 35.5. The number of nitrogens with one attached hydrogen (secondary N) is 1. The second kappa shape index (κ2) is 8.36. The van der Waals surface area contributed by atoms with Crippen LogP contribution in [0.1, 0.15) is 29.4 Å². The molecule has 1 aliphatic rings. The van der Waals surface area contributed by atoms with Crippen molar-refractivity contribution in [3.63, 3.8) is 0 Å². The molecule has 2 amide bonds. The maximum Gasteiger partial charge on any atom is 0.261 e. The average Bonchev–Trinajstić information content (AvgIpc) is 2.98. The fourth-order valence-corrected chi connectivity index (χ4v) is 3.07. The highest BCUT2D eigenvalue weighted by molar-refractivity contribution is 7.12. The number of nitrogens with zero attached hydrogens (tertiary/aromatic N) is 1. The standard InChI is InChI=1S/C14H21N3O2S.ClH/c1-10(15)11-4-2-6-17(9-11)13(18)8-16-14(19)12-5-3-7-20-12;/h3,5,7,10-11H,2,4,6,8-9,15H2,1H3,(H,16,19);1H. The maximum atomic E-state index is 12.1. The monoisotopic (exact) mass is 331 g/mol.